The van der Waals surface area contributed by atoms with Gasteiger partial charge in [-0.05, 0) is 26.0 Å². The Morgan fingerprint density at radius 3 is 1.95 bits per heavy atom. The number of hydrogen-bond donors (Lipinski definition) is 0. The molecule has 104 valence electrons. The second-order valence-corrected chi connectivity index (χ2v) is 3.85. The van der Waals surface area contributed by atoms with E-state index >= 15 is 0 Å². The number of likely N-dealkylation sites (N-methyl/N-ethyl adjacent to an activating group) is 1. The van der Waals surface area contributed by atoms with Crippen LogP contribution in [-0.4, -0.2) is 38.2 Å². The van der Waals surface area contributed by atoms with Crippen LogP contribution in [0.2, 0.25) is 0 Å². The number of rotatable bonds is 6. The van der Waals surface area contributed by atoms with Crippen molar-refractivity contribution in [2.24, 2.45) is 0 Å². The van der Waals surface area contributed by atoms with Crippen molar-refractivity contribution in [3.8, 4) is 0 Å². The monoisotopic (exact) mass is 265 g/mol. The predicted octanol–water partition coefficient (Wildman–Crippen LogP) is 1.62. The maximum Gasteiger partial charge on any atom is 0.340 e. The fourth-order valence-electron chi connectivity index (χ4n) is 1.67. The summed E-state index contributed by atoms with van der Waals surface area (Å²) >= 11 is 0. The minimum absolute atomic E-state index is 0.220. The van der Waals surface area contributed by atoms with Gasteiger partial charge in [0, 0.05) is 12.7 Å². The lowest BCUT2D eigenvalue weighted by Crippen LogP contribution is -2.46. The fraction of sp³-hybridized carbons (Fsp3) is 0.429. The number of hydrogen-bond acceptors (Lipinski definition) is 5. The molecule has 1 aromatic rings. The molecule has 19 heavy (non-hydrogen) atoms. The Labute approximate surface area is 113 Å². The average Bonchev–Trinajstić information content (AvgIpc) is 2.40. The molecule has 0 atom stereocenters. The van der Waals surface area contributed by atoms with Crippen LogP contribution in [0.4, 0.5) is 5.69 Å². The van der Waals surface area contributed by atoms with Gasteiger partial charge in [0.15, 0.2) is 0 Å². The summed E-state index contributed by atoms with van der Waals surface area (Å²) in [5, 5.41) is 0. The van der Waals surface area contributed by atoms with Gasteiger partial charge < -0.3 is 14.4 Å². The van der Waals surface area contributed by atoms with Crippen molar-refractivity contribution >= 4 is 17.6 Å². The topological polar surface area (TPSA) is 55.8 Å². The molecule has 0 amide bonds. The van der Waals surface area contributed by atoms with Crippen LogP contribution >= 0.6 is 0 Å². The van der Waals surface area contributed by atoms with E-state index in [-0.39, 0.29) is 13.2 Å². The molecule has 0 aliphatic carbocycles. The number of nitrogens with zero attached hydrogens (tertiary/aromatic N) is 1. The molecule has 0 fully saturated rings. The van der Waals surface area contributed by atoms with E-state index in [2.05, 4.69) is 0 Å². The number of ether oxygens (including phenoxy) is 2. The van der Waals surface area contributed by atoms with Crippen molar-refractivity contribution < 1.29 is 19.1 Å². The van der Waals surface area contributed by atoms with Gasteiger partial charge in [0.1, 0.15) is 0 Å². The lowest BCUT2D eigenvalue weighted by atomic mass is 10.2. The van der Waals surface area contributed by atoms with E-state index in [0.29, 0.717) is 0 Å². The number of anilines is 1. The van der Waals surface area contributed by atoms with Gasteiger partial charge in [-0.15, -0.1) is 0 Å². The van der Waals surface area contributed by atoms with Gasteiger partial charge in [0.25, 0.3) is 0 Å². The second-order valence-electron chi connectivity index (χ2n) is 3.85. The molecule has 0 spiro atoms. The number of benzene rings is 1. The Balaban J connectivity index is 2.95. The molecule has 5 heteroatoms. The Morgan fingerprint density at radius 2 is 1.53 bits per heavy atom. The van der Waals surface area contributed by atoms with E-state index in [9.17, 15) is 9.59 Å². The molecule has 0 saturated carbocycles. The van der Waals surface area contributed by atoms with Crippen LogP contribution in [-0.2, 0) is 19.1 Å². The number of para-hydroxylation sites is 1. The Bertz CT molecular complexity index is 401. The molecule has 0 aliphatic rings. The van der Waals surface area contributed by atoms with Crippen LogP contribution in [0.5, 0.6) is 0 Å². The maximum absolute atomic E-state index is 11.9. The van der Waals surface area contributed by atoms with E-state index in [4.69, 9.17) is 9.47 Å². The zero-order valence-electron chi connectivity index (χ0n) is 11.5. The van der Waals surface area contributed by atoms with Crippen LogP contribution in [0.3, 0.4) is 0 Å². The van der Waals surface area contributed by atoms with E-state index in [0.717, 1.165) is 5.69 Å². The summed E-state index contributed by atoms with van der Waals surface area (Å²) in [6.07, 6.45) is 0. The minimum atomic E-state index is -1.08. The number of carbonyl (C=O) groups excluding carboxylic acids is 2. The molecule has 1 rings (SSSR count). The summed E-state index contributed by atoms with van der Waals surface area (Å²) in [5.41, 5.74) is 0.744. The molecular weight excluding hydrogens is 246 g/mol. The van der Waals surface area contributed by atoms with Crippen LogP contribution in [0.15, 0.2) is 30.3 Å². The molecule has 0 bridgehead atoms. The summed E-state index contributed by atoms with van der Waals surface area (Å²) < 4.78 is 9.87. The van der Waals surface area contributed by atoms with Crippen molar-refractivity contribution in [1.82, 2.24) is 0 Å². The zero-order valence-corrected chi connectivity index (χ0v) is 11.5. The third-order valence-electron chi connectivity index (χ3n) is 2.57. The molecule has 0 radical (unpaired) electrons. The van der Waals surface area contributed by atoms with Crippen LogP contribution in [0.25, 0.3) is 0 Å². The van der Waals surface area contributed by atoms with Crippen molar-refractivity contribution in [2.45, 2.75) is 19.9 Å². The molecule has 0 aromatic heterocycles. The van der Waals surface area contributed by atoms with E-state index in [1.54, 1.807) is 25.8 Å². The van der Waals surface area contributed by atoms with Gasteiger partial charge in [0.2, 0.25) is 6.04 Å². The van der Waals surface area contributed by atoms with Crippen LogP contribution < -0.4 is 4.90 Å². The summed E-state index contributed by atoms with van der Waals surface area (Å²) in [4.78, 5) is 25.4. The molecule has 0 N–H and O–H groups in total. The van der Waals surface area contributed by atoms with Gasteiger partial charge in [-0.25, -0.2) is 9.59 Å². The van der Waals surface area contributed by atoms with E-state index < -0.39 is 18.0 Å². The molecular formula is C14H19NO4. The van der Waals surface area contributed by atoms with E-state index in [1.807, 2.05) is 30.3 Å². The third-order valence-corrected chi connectivity index (χ3v) is 2.57. The Morgan fingerprint density at radius 1 is 1.05 bits per heavy atom. The van der Waals surface area contributed by atoms with Crippen molar-refractivity contribution in [3.63, 3.8) is 0 Å². The first-order valence-corrected chi connectivity index (χ1v) is 6.23. The smallest absolute Gasteiger partial charge is 0.340 e. The largest absolute Gasteiger partial charge is 0.464 e. The molecule has 0 aliphatic heterocycles. The first-order chi connectivity index (χ1) is 9.11. The van der Waals surface area contributed by atoms with Gasteiger partial charge in [0.05, 0.1) is 13.2 Å². The standard InChI is InChI=1S/C14H19NO4/c1-4-18-13(16)12(14(17)19-5-2)15(3)11-9-7-6-8-10-11/h6-10,12H,4-5H2,1-3H3. The number of esters is 2. The highest BCUT2D eigenvalue weighted by molar-refractivity contribution is 6.02. The number of carbonyl (C=O) groups is 2. The fourth-order valence-corrected chi connectivity index (χ4v) is 1.67. The van der Waals surface area contributed by atoms with Crippen molar-refractivity contribution in [1.29, 1.82) is 0 Å². The highest BCUT2D eigenvalue weighted by atomic mass is 16.6. The summed E-state index contributed by atoms with van der Waals surface area (Å²) in [6, 6.07) is 8.07. The van der Waals surface area contributed by atoms with E-state index in [1.165, 1.54) is 0 Å². The van der Waals surface area contributed by atoms with Crippen molar-refractivity contribution in [3.05, 3.63) is 30.3 Å². The van der Waals surface area contributed by atoms with Crippen LogP contribution in [0, 0.1) is 0 Å². The van der Waals surface area contributed by atoms with Crippen LogP contribution in [0.1, 0.15) is 13.8 Å². The summed E-state index contributed by atoms with van der Waals surface area (Å²) in [5.74, 6) is -1.21. The quantitative estimate of drug-likeness (QED) is 0.578. The highest BCUT2D eigenvalue weighted by Gasteiger charge is 2.33. The first-order valence-electron chi connectivity index (χ1n) is 6.23. The lowest BCUT2D eigenvalue weighted by molar-refractivity contribution is -0.156. The molecule has 0 unspecified atom stereocenters. The normalized spacial score (nSPS) is 10.1. The molecule has 1 aromatic carbocycles. The SMILES string of the molecule is CCOC(=O)C(C(=O)OCC)N(C)c1ccccc1. The lowest BCUT2D eigenvalue weighted by Gasteiger charge is -2.26. The van der Waals surface area contributed by atoms with Gasteiger partial charge in [-0.2, -0.15) is 0 Å². The molecule has 5 nitrogen and oxygen atoms in total. The summed E-state index contributed by atoms with van der Waals surface area (Å²) in [7, 11) is 1.66. The maximum atomic E-state index is 11.9. The van der Waals surface area contributed by atoms with Crippen molar-refractivity contribution in [2.75, 3.05) is 25.2 Å². The first kappa shape index (κ1) is 15.0. The van der Waals surface area contributed by atoms with Gasteiger partial charge >= 0.3 is 11.9 Å². The Kier molecular flexibility index (Phi) is 5.85. The average molecular weight is 265 g/mol. The zero-order chi connectivity index (χ0) is 14.3. The highest BCUT2D eigenvalue weighted by Crippen LogP contribution is 2.16. The van der Waals surface area contributed by atoms with Gasteiger partial charge in [-0.3, -0.25) is 0 Å². The molecule has 0 saturated heterocycles. The third kappa shape index (κ3) is 3.98. The minimum Gasteiger partial charge on any atom is -0.464 e. The van der Waals surface area contributed by atoms with Gasteiger partial charge in [-0.1, -0.05) is 18.2 Å². The predicted molar refractivity (Wildman–Crippen MR) is 71.9 cm³/mol. The summed E-state index contributed by atoms with van der Waals surface area (Å²) in [6.45, 7) is 3.83. The molecule has 0 heterocycles. The Hall–Kier alpha value is -2.04. The second kappa shape index (κ2) is 7.41.